The molecule has 0 unspecified atom stereocenters. The molecule has 0 radical (unpaired) electrons. The molecule has 22 heavy (non-hydrogen) atoms. The average molecular weight is 290 g/mol. The molecule has 3 heteroatoms. The molecule has 4 aromatic rings. The van der Waals surface area contributed by atoms with Crippen molar-refractivity contribution in [1.82, 2.24) is 0 Å². The molecular formula is C19H14O3. The van der Waals surface area contributed by atoms with Gasteiger partial charge in [0.2, 0.25) is 5.43 Å². The standard InChI is InChI=1S/C19H14O3/c1-11-5-3-6-12-9-17-15(10-14(11)12)18(20)13-7-4-8-16(21-2)19(13)22-17/h3-10H,1-2H3. The maximum atomic E-state index is 12.8. The summed E-state index contributed by atoms with van der Waals surface area (Å²) in [5.41, 5.74) is 2.19. The van der Waals surface area contributed by atoms with E-state index in [0.29, 0.717) is 27.7 Å². The van der Waals surface area contributed by atoms with Crippen LogP contribution in [0.15, 0.2) is 57.7 Å². The Morgan fingerprint density at radius 1 is 0.955 bits per heavy atom. The molecule has 1 aromatic heterocycles. The van der Waals surface area contributed by atoms with Crippen molar-refractivity contribution in [1.29, 1.82) is 0 Å². The molecule has 0 fully saturated rings. The number of rotatable bonds is 1. The summed E-state index contributed by atoms with van der Waals surface area (Å²) in [5, 5.41) is 3.27. The molecule has 0 aliphatic carbocycles. The van der Waals surface area contributed by atoms with Crippen LogP contribution in [-0.2, 0) is 0 Å². The summed E-state index contributed by atoms with van der Waals surface area (Å²) in [6.07, 6.45) is 0. The number of benzene rings is 3. The lowest BCUT2D eigenvalue weighted by atomic mass is 10.0. The zero-order chi connectivity index (χ0) is 15.3. The molecule has 0 bridgehead atoms. The van der Waals surface area contributed by atoms with E-state index in [4.69, 9.17) is 9.15 Å². The Kier molecular flexibility index (Phi) is 2.70. The quantitative estimate of drug-likeness (QED) is 0.487. The van der Waals surface area contributed by atoms with Crippen LogP contribution in [0.25, 0.3) is 32.7 Å². The molecule has 0 spiro atoms. The third-order valence-corrected chi connectivity index (χ3v) is 4.10. The number of hydrogen-bond acceptors (Lipinski definition) is 3. The fourth-order valence-electron chi connectivity index (χ4n) is 2.94. The van der Waals surface area contributed by atoms with Gasteiger partial charge in [-0.25, -0.2) is 0 Å². The van der Waals surface area contributed by atoms with Gasteiger partial charge in [0.25, 0.3) is 0 Å². The summed E-state index contributed by atoms with van der Waals surface area (Å²) in [5.74, 6) is 0.570. The molecule has 3 nitrogen and oxygen atoms in total. The highest BCUT2D eigenvalue weighted by Crippen LogP contribution is 2.29. The van der Waals surface area contributed by atoms with E-state index in [2.05, 4.69) is 0 Å². The first-order chi connectivity index (χ1) is 10.7. The van der Waals surface area contributed by atoms with Crippen molar-refractivity contribution >= 4 is 32.7 Å². The maximum absolute atomic E-state index is 12.8. The van der Waals surface area contributed by atoms with Crippen molar-refractivity contribution in [2.75, 3.05) is 7.11 Å². The molecule has 3 aromatic carbocycles. The van der Waals surface area contributed by atoms with E-state index in [0.717, 1.165) is 16.3 Å². The molecule has 4 rings (SSSR count). The van der Waals surface area contributed by atoms with E-state index in [1.807, 2.05) is 37.3 Å². The third-order valence-electron chi connectivity index (χ3n) is 4.10. The molecule has 0 saturated carbocycles. The average Bonchev–Trinajstić information content (AvgIpc) is 2.54. The highest BCUT2D eigenvalue weighted by atomic mass is 16.5. The normalized spacial score (nSPS) is 11.4. The van der Waals surface area contributed by atoms with Crippen LogP contribution in [0, 0.1) is 6.92 Å². The van der Waals surface area contributed by atoms with E-state index in [1.165, 1.54) is 0 Å². The summed E-state index contributed by atoms with van der Waals surface area (Å²) in [7, 11) is 1.57. The molecule has 0 amide bonds. The number of methoxy groups -OCH3 is 1. The van der Waals surface area contributed by atoms with Gasteiger partial charge in [-0.1, -0.05) is 24.3 Å². The van der Waals surface area contributed by atoms with Gasteiger partial charge < -0.3 is 9.15 Å². The summed E-state index contributed by atoms with van der Waals surface area (Å²) in [6.45, 7) is 2.04. The SMILES string of the molecule is COc1cccc2c(=O)c3cc4c(C)cccc4cc3oc12. The first-order valence-electron chi connectivity index (χ1n) is 7.12. The lowest BCUT2D eigenvalue weighted by molar-refractivity contribution is 0.411. The van der Waals surface area contributed by atoms with Gasteiger partial charge in [-0.15, -0.1) is 0 Å². The summed E-state index contributed by atoms with van der Waals surface area (Å²) in [4.78, 5) is 12.8. The van der Waals surface area contributed by atoms with E-state index >= 15 is 0 Å². The lowest BCUT2D eigenvalue weighted by Gasteiger charge is -2.08. The van der Waals surface area contributed by atoms with Crippen molar-refractivity contribution < 1.29 is 9.15 Å². The Labute approximate surface area is 126 Å². The van der Waals surface area contributed by atoms with E-state index in [9.17, 15) is 4.79 Å². The Bertz CT molecular complexity index is 1090. The number of ether oxygens (including phenoxy) is 1. The molecule has 1 heterocycles. The van der Waals surface area contributed by atoms with Crippen LogP contribution in [0.2, 0.25) is 0 Å². The molecule has 0 saturated heterocycles. The van der Waals surface area contributed by atoms with Crippen LogP contribution in [0.4, 0.5) is 0 Å². The van der Waals surface area contributed by atoms with Gasteiger partial charge in [-0.05, 0) is 47.5 Å². The van der Waals surface area contributed by atoms with Crippen LogP contribution in [-0.4, -0.2) is 7.11 Å². The Morgan fingerprint density at radius 3 is 2.59 bits per heavy atom. The Hall–Kier alpha value is -2.81. The van der Waals surface area contributed by atoms with Gasteiger partial charge in [0.15, 0.2) is 11.3 Å². The van der Waals surface area contributed by atoms with Crippen molar-refractivity contribution in [3.63, 3.8) is 0 Å². The minimum atomic E-state index is -0.0275. The van der Waals surface area contributed by atoms with E-state index in [-0.39, 0.29) is 5.43 Å². The minimum Gasteiger partial charge on any atom is -0.493 e. The van der Waals surface area contributed by atoms with Gasteiger partial charge in [0, 0.05) is 0 Å². The number of fused-ring (bicyclic) bond motifs is 3. The monoisotopic (exact) mass is 290 g/mol. The molecule has 0 aliphatic rings. The highest BCUT2D eigenvalue weighted by molar-refractivity contribution is 6.01. The van der Waals surface area contributed by atoms with Crippen LogP contribution in [0.1, 0.15) is 5.56 Å². The van der Waals surface area contributed by atoms with Crippen molar-refractivity contribution in [3.05, 3.63) is 64.3 Å². The Balaban J connectivity index is 2.25. The molecule has 0 N–H and O–H groups in total. The number of para-hydroxylation sites is 1. The fourth-order valence-corrected chi connectivity index (χ4v) is 2.94. The van der Waals surface area contributed by atoms with Gasteiger partial charge in [-0.2, -0.15) is 0 Å². The summed E-state index contributed by atoms with van der Waals surface area (Å²) in [6, 6.07) is 15.3. The third kappa shape index (κ3) is 1.72. The zero-order valence-electron chi connectivity index (χ0n) is 12.3. The zero-order valence-corrected chi connectivity index (χ0v) is 12.3. The largest absolute Gasteiger partial charge is 0.493 e. The second-order valence-electron chi connectivity index (χ2n) is 5.41. The van der Waals surface area contributed by atoms with Crippen molar-refractivity contribution in [2.24, 2.45) is 0 Å². The highest BCUT2D eigenvalue weighted by Gasteiger charge is 2.12. The number of hydrogen-bond donors (Lipinski definition) is 0. The fraction of sp³-hybridized carbons (Fsp3) is 0.105. The second kappa shape index (κ2) is 4.60. The summed E-state index contributed by atoms with van der Waals surface area (Å²) >= 11 is 0. The molecular weight excluding hydrogens is 276 g/mol. The lowest BCUT2D eigenvalue weighted by Crippen LogP contribution is -2.03. The van der Waals surface area contributed by atoms with Crippen molar-refractivity contribution in [2.45, 2.75) is 6.92 Å². The van der Waals surface area contributed by atoms with E-state index < -0.39 is 0 Å². The van der Waals surface area contributed by atoms with Crippen LogP contribution >= 0.6 is 0 Å². The predicted molar refractivity (Wildman–Crippen MR) is 88.8 cm³/mol. The van der Waals surface area contributed by atoms with Gasteiger partial charge >= 0.3 is 0 Å². The topological polar surface area (TPSA) is 39.4 Å². The van der Waals surface area contributed by atoms with Gasteiger partial charge in [0.05, 0.1) is 17.9 Å². The smallest absolute Gasteiger partial charge is 0.200 e. The second-order valence-corrected chi connectivity index (χ2v) is 5.41. The minimum absolute atomic E-state index is 0.0275. The predicted octanol–water partition coefficient (Wildman–Crippen LogP) is 4.42. The Morgan fingerprint density at radius 2 is 1.77 bits per heavy atom. The summed E-state index contributed by atoms with van der Waals surface area (Å²) < 4.78 is 11.3. The van der Waals surface area contributed by atoms with Crippen LogP contribution in [0.3, 0.4) is 0 Å². The maximum Gasteiger partial charge on any atom is 0.200 e. The molecule has 0 aliphatic heterocycles. The van der Waals surface area contributed by atoms with Crippen LogP contribution in [0.5, 0.6) is 5.75 Å². The van der Waals surface area contributed by atoms with Crippen molar-refractivity contribution in [3.8, 4) is 5.75 Å². The molecule has 108 valence electrons. The first-order valence-corrected chi connectivity index (χ1v) is 7.12. The molecule has 0 atom stereocenters. The van der Waals surface area contributed by atoms with Gasteiger partial charge in [0.1, 0.15) is 5.58 Å². The number of aryl methyl sites for hydroxylation is 1. The van der Waals surface area contributed by atoms with Gasteiger partial charge in [-0.3, -0.25) is 4.79 Å². The first kappa shape index (κ1) is 12.9. The van der Waals surface area contributed by atoms with E-state index in [1.54, 1.807) is 25.3 Å². The van der Waals surface area contributed by atoms with Crippen LogP contribution < -0.4 is 10.2 Å².